The summed E-state index contributed by atoms with van der Waals surface area (Å²) in [6.45, 7) is 4.79. The Labute approximate surface area is 208 Å². The van der Waals surface area contributed by atoms with E-state index in [-0.39, 0.29) is 41.1 Å². The number of hydrogen-bond donors (Lipinski definition) is 2. The molecule has 2 N–H and O–H groups in total. The number of nitrogens with one attached hydrogen (secondary N) is 1. The molecule has 1 aliphatic rings. The molecule has 2 aromatic carbocycles. The number of hydrogen-bond acceptors (Lipinski definition) is 4. The zero-order valence-electron chi connectivity index (χ0n) is 19.7. The number of likely N-dealkylation sites (N-methyl/N-ethyl adjacent to an activating group) is 1. The Morgan fingerprint density at radius 1 is 1.17 bits per heavy atom. The van der Waals surface area contributed by atoms with Crippen molar-refractivity contribution in [2.45, 2.75) is 62.1 Å². The topological polar surface area (TPSA) is 78.9 Å². The van der Waals surface area contributed by atoms with Crippen LogP contribution in [0.25, 0.3) is 0 Å². The van der Waals surface area contributed by atoms with Gasteiger partial charge in [-0.25, -0.2) is 13.6 Å². The van der Waals surface area contributed by atoms with E-state index >= 15 is 4.39 Å². The lowest BCUT2D eigenvalue weighted by atomic mass is 9.86. The average molecular weight is 533 g/mol. The van der Waals surface area contributed by atoms with Gasteiger partial charge in [0.25, 0.3) is 0 Å². The number of benzene rings is 2. The summed E-state index contributed by atoms with van der Waals surface area (Å²) >= 11 is 0.729. The van der Waals surface area contributed by atoms with Gasteiger partial charge >= 0.3 is 18.4 Å². The number of thioether (sulfide) groups is 1. The number of nitrogens with zero attached hydrogens (tertiary/aromatic N) is 1. The highest BCUT2D eigenvalue weighted by molar-refractivity contribution is 8.01. The van der Waals surface area contributed by atoms with Gasteiger partial charge in [0.15, 0.2) is 0 Å². The molecule has 36 heavy (non-hydrogen) atoms. The molecule has 2 aromatic rings. The van der Waals surface area contributed by atoms with Gasteiger partial charge in [-0.1, -0.05) is 0 Å². The zero-order valence-corrected chi connectivity index (χ0v) is 20.5. The fourth-order valence-electron chi connectivity index (χ4n) is 3.98. The molecule has 0 saturated heterocycles. The molecule has 1 aliphatic carbocycles. The smallest absolute Gasteiger partial charge is 0.480 e. The number of anilines is 1. The Morgan fingerprint density at radius 3 is 2.36 bits per heavy atom. The van der Waals surface area contributed by atoms with Gasteiger partial charge in [0.05, 0.1) is 0 Å². The zero-order chi connectivity index (χ0) is 26.8. The van der Waals surface area contributed by atoms with Crippen LogP contribution in [-0.4, -0.2) is 45.7 Å². The van der Waals surface area contributed by atoms with Crippen molar-refractivity contribution in [3.8, 4) is 5.75 Å². The SMILES string of the molecule is CCN(C(=O)Nc1ccc(OC(F)(F)F)cc1)C1CCc2c(F)c(SC(C)(C)C(=O)O)cc(F)c2C1. The summed E-state index contributed by atoms with van der Waals surface area (Å²) < 4.78 is 69.6. The number of aliphatic carboxylic acids is 1. The number of carbonyl (C=O) groups is 2. The summed E-state index contributed by atoms with van der Waals surface area (Å²) in [6, 6.07) is 4.66. The Kier molecular flexibility index (Phi) is 8.07. The van der Waals surface area contributed by atoms with Crippen LogP contribution >= 0.6 is 11.8 Å². The van der Waals surface area contributed by atoms with Gasteiger partial charge in [0.1, 0.15) is 22.1 Å². The first-order valence-electron chi connectivity index (χ1n) is 11.1. The normalized spacial score (nSPS) is 15.7. The molecule has 0 radical (unpaired) electrons. The molecule has 0 aromatic heterocycles. The Balaban J connectivity index is 1.74. The fraction of sp³-hybridized carbons (Fsp3) is 0.417. The van der Waals surface area contributed by atoms with E-state index in [0.717, 1.165) is 30.0 Å². The molecule has 0 fully saturated rings. The number of halogens is 5. The maximum Gasteiger partial charge on any atom is 0.573 e. The Bertz CT molecular complexity index is 1140. The average Bonchev–Trinajstić information content (AvgIpc) is 2.78. The number of carboxylic acids is 1. The highest BCUT2D eigenvalue weighted by Gasteiger charge is 2.35. The van der Waals surface area contributed by atoms with Gasteiger partial charge in [-0.2, -0.15) is 0 Å². The van der Waals surface area contributed by atoms with Crippen molar-refractivity contribution in [3.05, 3.63) is 53.1 Å². The van der Waals surface area contributed by atoms with Crippen LogP contribution in [0.3, 0.4) is 0 Å². The monoisotopic (exact) mass is 532 g/mol. The lowest BCUT2D eigenvalue weighted by Gasteiger charge is -2.35. The minimum Gasteiger partial charge on any atom is -0.480 e. The molecular formula is C24H25F5N2O4S. The molecule has 1 unspecified atom stereocenters. The van der Waals surface area contributed by atoms with E-state index in [2.05, 4.69) is 10.1 Å². The molecular weight excluding hydrogens is 507 g/mol. The third-order valence-electron chi connectivity index (χ3n) is 5.82. The highest BCUT2D eigenvalue weighted by Crippen LogP contribution is 2.39. The van der Waals surface area contributed by atoms with E-state index in [0.29, 0.717) is 6.42 Å². The minimum atomic E-state index is -4.83. The second kappa shape index (κ2) is 10.5. The van der Waals surface area contributed by atoms with Crippen LogP contribution in [0.2, 0.25) is 0 Å². The lowest BCUT2D eigenvalue weighted by molar-refractivity contribution is -0.274. The molecule has 1 atom stereocenters. The van der Waals surface area contributed by atoms with Gasteiger partial charge in [-0.05, 0) is 81.5 Å². The molecule has 6 nitrogen and oxygen atoms in total. The van der Waals surface area contributed by atoms with Crippen LogP contribution in [0.15, 0.2) is 35.2 Å². The number of ether oxygens (including phenoxy) is 1. The minimum absolute atomic E-state index is 0.0605. The van der Waals surface area contributed by atoms with E-state index in [9.17, 15) is 32.3 Å². The highest BCUT2D eigenvalue weighted by atomic mass is 32.2. The Hall–Kier alpha value is -3.02. The third-order valence-corrected chi connectivity index (χ3v) is 7.02. The van der Waals surface area contributed by atoms with Crippen molar-refractivity contribution < 1.29 is 41.4 Å². The van der Waals surface area contributed by atoms with E-state index in [1.165, 1.54) is 30.9 Å². The van der Waals surface area contributed by atoms with Crippen molar-refractivity contribution in [2.24, 2.45) is 0 Å². The predicted octanol–water partition coefficient (Wildman–Crippen LogP) is 6.23. The van der Waals surface area contributed by atoms with Gasteiger partial charge < -0.3 is 20.1 Å². The van der Waals surface area contributed by atoms with Crippen molar-refractivity contribution in [1.82, 2.24) is 4.90 Å². The Morgan fingerprint density at radius 2 is 1.81 bits per heavy atom. The fourth-order valence-corrected chi connectivity index (χ4v) is 4.99. The lowest BCUT2D eigenvalue weighted by Crippen LogP contribution is -2.45. The second-order valence-electron chi connectivity index (χ2n) is 8.73. The molecule has 3 rings (SSSR count). The summed E-state index contributed by atoms with van der Waals surface area (Å²) in [6.07, 6.45) is -4.27. The summed E-state index contributed by atoms with van der Waals surface area (Å²) in [4.78, 5) is 25.6. The van der Waals surface area contributed by atoms with Crippen LogP contribution in [0.1, 0.15) is 38.3 Å². The van der Waals surface area contributed by atoms with Crippen LogP contribution in [0.5, 0.6) is 5.75 Å². The van der Waals surface area contributed by atoms with Crippen molar-refractivity contribution >= 4 is 29.4 Å². The summed E-state index contributed by atoms with van der Waals surface area (Å²) in [5.41, 5.74) is 0.553. The van der Waals surface area contributed by atoms with Crippen molar-refractivity contribution in [2.75, 3.05) is 11.9 Å². The maximum absolute atomic E-state index is 15.2. The molecule has 0 spiro atoms. The van der Waals surface area contributed by atoms with Gasteiger partial charge in [0.2, 0.25) is 0 Å². The largest absolute Gasteiger partial charge is 0.573 e. The van der Waals surface area contributed by atoms with Crippen LogP contribution in [0, 0.1) is 11.6 Å². The molecule has 0 heterocycles. The molecule has 2 amide bonds. The molecule has 0 saturated carbocycles. The van der Waals surface area contributed by atoms with Crippen LogP contribution in [-0.2, 0) is 17.6 Å². The number of urea groups is 1. The second-order valence-corrected chi connectivity index (χ2v) is 10.4. The molecule has 0 aliphatic heterocycles. The predicted molar refractivity (Wildman–Crippen MR) is 124 cm³/mol. The first kappa shape index (κ1) is 27.6. The molecule has 0 bridgehead atoms. The van der Waals surface area contributed by atoms with Crippen molar-refractivity contribution in [1.29, 1.82) is 0 Å². The van der Waals surface area contributed by atoms with E-state index in [1.54, 1.807) is 6.92 Å². The third kappa shape index (κ3) is 6.40. The maximum atomic E-state index is 15.2. The number of carbonyl (C=O) groups excluding carboxylic acids is 1. The number of rotatable bonds is 7. The van der Waals surface area contributed by atoms with E-state index < -0.39 is 46.5 Å². The number of alkyl halides is 3. The molecule has 12 heteroatoms. The van der Waals surface area contributed by atoms with Gasteiger partial charge in [-0.15, -0.1) is 24.9 Å². The quantitative estimate of drug-likeness (QED) is 0.327. The van der Waals surface area contributed by atoms with Gasteiger partial charge in [-0.3, -0.25) is 4.79 Å². The van der Waals surface area contributed by atoms with E-state index in [4.69, 9.17) is 0 Å². The first-order valence-corrected chi connectivity index (χ1v) is 11.9. The van der Waals surface area contributed by atoms with Crippen molar-refractivity contribution in [3.63, 3.8) is 0 Å². The standard InChI is InChI=1S/C24H25F5N2O4S/c1-4-31(22(34)30-13-5-8-15(9-6-13)35-24(27,28)29)14-7-10-16-17(11-14)18(25)12-19(20(16)26)36-23(2,3)21(32)33/h5-6,8-9,12,14H,4,7,10-11H2,1-3H3,(H,30,34)(H,32,33). The number of fused-ring (bicyclic) bond motifs is 1. The van der Waals surface area contributed by atoms with E-state index in [1.807, 2.05) is 0 Å². The summed E-state index contributed by atoms with van der Waals surface area (Å²) in [5, 5.41) is 11.9. The number of amides is 2. The van der Waals surface area contributed by atoms with Crippen LogP contribution < -0.4 is 10.1 Å². The van der Waals surface area contributed by atoms with Gasteiger partial charge in [0, 0.05) is 23.2 Å². The molecule has 196 valence electrons. The first-order chi connectivity index (χ1) is 16.7. The summed E-state index contributed by atoms with van der Waals surface area (Å²) in [7, 11) is 0. The number of carboxylic acid groups (broad SMARTS) is 1. The summed E-state index contributed by atoms with van der Waals surface area (Å²) in [5.74, 6) is -2.91. The van der Waals surface area contributed by atoms with Crippen LogP contribution in [0.4, 0.5) is 32.4 Å².